The van der Waals surface area contributed by atoms with E-state index >= 15 is 0 Å². The van der Waals surface area contributed by atoms with Crippen LogP contribution in [0.2, 0.25) is 0 Å². The van der Waals surface area contributed by atoms with Gasteiger partial charge in [0.05, 0.1) is 5.69 Å². The molecule has 0 aliphatic carbocycles. The first-order valence-electron chi connectivity index (χ1n) is 5.07. The van der Waals surface area contributed by atoms with Gasteiger partial charge in [-0.2, -0.15) is 0 Å². The highest BCUT2D eigenvalue weighted by atomic mass is 16.3. The van der Waals surface area contributed by atoms with Crippen LogP contribution in [0.4, 0.5) is 5.69 Å². The zero-order chi connectivity index (χ0) is 10.4. The lowest BCUT2D eigenvalue weighted by molar-refractivity contribution is 0.245. The Kier molecular flexibility index (Phi) is 1.73. The average molecular weight is 204 g/mol. The molecule has 1 fully saturated rings. The van der Waals surface area contributed by atoms with Gasteiger partial charge in [-0.1, -0.05) is 0 Å². The summed E-state index contributed by atoms with van der Waals surface area (Å²) in [5, 5.41) is 19.0. The van der Waals surface area contributed by atoms with Crippen molar-refractivity contribution in [2.45, 2.75) is 19.1 Å². The number of aliphatic imine (C=N–C) groups is 1. The van der Waals surface area contributed by atoms with Crippen molar-refractivity contribution < 1.29 is 10.2 Å². The number of phenolic OH excluding ortho intramolecular Hbond substituents is 1. The number of aliphatic hydroxyl groups is 1. The second-order valence-corrected chi connectivity index (χ2v) is 4.01. The number of amidine groups is 1. The van der Waals surface area contributed by atoms with Crippen molar-refractivity contribution >= 4 is 11.5 Å². The molecule has 0 amide bonds. The molecule has 4 nitrogen and oxygen atoms in total. The fraction of sp³-hybridized carbons (Fsp3) is 0.364. The molecule has 2 aliphatic rings. The third-order valence-electron chi connectivity index (χ3n) is 2.95. The zero-order valence-electron chi connectivity index (χ0n) is 8.22. The van der Waals surface area contributed by atoms with Crippen LogP contribution in [-0.2, 0) is 6.54 Å². The van der Waals surface area contributed by atoms with Gasteiger partial charge in [0, 0.05) is 18.7 Å². The Balaban J connectivity index is 2.08. The van der Waals surface area contributed by atoms with Crippen LogP contribution in [0.25, 0.3) is 0 Å². The molecule has 2 heterocycles. The van der Waals surface area contributed by atoms with Crippen LogP contribution in [0.15, 0.2) is 23.2 Å². The number of benzene rings is 1. The van der Waals surface area contributed by atoms with Gasteiger partial charge in [0.1, 0.15) is 17.7 Å². The van der Waals surface area contributed by atoms with Gasteiger partial charge in [-0.3, -0.25) is 0 Å². The summed E-state index contributed by atoms with van der Waals surface area (Å²) in [4.78, 5) is 6.47. The summed E-state index contributed by atoms with van der Waals surface area (Å²) in [6.07, 6.45) is 0.325. The highest BCUT2D eigenvalue weighted by Crippen LogP contribution is 2.32. The van der Waals surface area contributed by atoms with E-state index in [-0.39, 0.29) is 5.75 Å². The van der Waals surface area contributed by atoms with Crippen LogP contribution in [0.5, 0.6) is 5.75 Å². The number of hydrogen-bond acceptors (Lipinski definition) is 4. The lowest BCUT2D eigenvalue weighted by Gasteiger charge is -2.25. The van der Waals surface area contributed by atoms with E-state index in [2.05, 4.69) is 9.89 Å². The molecule has 0 unspecified atom stereocenters. The normalized spacial score (nSPS) is 23.4. The van der Waals surface area contributed by atoms with Crippen molar-refractivity contribution in [2.75, 3.05) is 6.54 Å². The molecular formula is C11H12N2O2. The van der Waals surface area contributed by atoms with Crippen molar-refractivity contribution in [3.8, 4) is 5.75 Å². The molecule has 1 atom stereocenters. The molecule has 0 saturated carbocycles. The molecule has 2 aliphatic heterocycles. The predicted octanol–water partition coefficient (Wildman–Crippen LogP) is 1.00. The topological polar surface area (TPSA) is 56.1 Å². The number of phenols is 1. The Morgan fingerprint density at radius 3 is 3.13 bits per heavy atom. The monoisotopic (exact) mass is 204 g/mol. The first-order chi connectivity index (χ1) is 7.24. The Bertz CT molecular complexity index is 442. The minimum atomic E-state index is -0.424. The minimum absolute atomic E-state index is 0.271. The minimum Gasteiger partial charge on any atom is -0.508 e. The number of nitrogens with zero attached hydrogens (tertiary/aromatic N) is 2. The van der Waals surface area contributed by atoms with Gasteiger partial charge in [0.15, 0.2) is 0 Å². The van der Waals surface area contributed by atoms with Crippen LogP contribution in [-0.4, -0.2) is 33.6 Å². The summed E-state index contributed by atoms with van der Waals surface area (Å²) < 4.78 is 0. The van der Waals surface area contributed by atoms with Gasteiger partial charge >= 0.3 is 0 Å². The lowest BCUT2D eigenvalue weighted by atomic mass is 10.1. The first-order valence-corrected chi connectivity index (χ1v) is 5.07. The second-order valence-electron chi connectivity index (χ2n) is 4.01. The molecule has 1 saturated heterocycles. The van der Waals surface area contributed by atoms with Gasteiger partial charge in [-0.15, -0.1) is 0 Å². The maximum atomic E-state index is 9.68. The van der Waals surface area contributed by atoms with E-state index in [0.717, 1.165) is 36.6 Å². The number of aromatic hydroxyl groups is 1. The van der Waals surface area contributed by atoms with Crippen molar-refractivity contribution in [2.24, 2.45) is 4.99 Å². The van der Waals surface area contributed by atoms with Gasteiger partial charge < -0.3 is 15.1 Å². The standard InChI is InChI=1S/C11H12N2O2/c14-8-1-2-9-7(5-8)6-13-4-3-10(15)11(13)12-9/h1-2,5,10,14-15H,3-4,6H2/t10-/m0/s1. The molecular weight excluding hydrogens is 192 g/mol. The van der Waals surface area contributed by atoms with E-state index in [1.54, 1.807) is 18.2 Å². The Morgan fingerprint density at radius 1 is 1.40 bits per heavy atom. The van der Waals surface area contributed by atoms with E-state index in [9.17, 15) is 10.2 Å². The molecule has 1 aromatic rings. The van der Waals surface area contributed by atoms with E-state index in [1.165, 1.54) is 0 Å². The number of hydrogen-bond donors (Lipinski definition) is 2. The summed E-state index contributed by atoms with van der Waals surface area (Å²) >= 11 is 0. The molecule has 0 aromatic heterocycles. The Labute approximate surface area is 87.5 Å². The maximum absolute atomic E-state index is 9.68. The second kappa shape index (κ2) is 2.97. The van der Waals surface area contributed by atoms with E-state index in [1.807, 2.05) is 0 Å². The highest BCUT2D eigenvalue weighted by molar-refractivity contribution is 5.92. The van der Waals surface area contributed by atoms with Gasteiger partial charge in [-0.25, -0.2) is 4.99 Å². The molecule has 0 bridgehead atoms. The molecule has 4 heteroatoms. The number of fused-ring (bicyclic) bond motifs is 2. The summed E-state index contributed by atoms with van der Waals surface area (Å²) in [6.45, 7) is 1.58. The van der Waals surface area contributed by atoms with Crippen molar-refractivity contribution in [3.05, 3.63) is 23.8 Å². The summed E-state index contributed by atoms with van der Waals surface area (Å²) in [5.41, 5.74) is 1.88. The zero-order valence-corrected chi connectivity index (χ0v) is 8.22. The quantitative estimate of drug-likeness (QED) is 0.663. The van der Waals surface area contributed by atoms with Crippen LogP contribution in [0.1, 0.15) is 12.0 Å². The SMILES string of the molecule is Oc1ccc2c(c1)CN1CC[C@H](O)C1=N2. The van der Waals surface area contributed by atoms with E-state index in [4.69, 9.17) is 0 Å². The largest absolute Gasteiger partial charge is 0.508 e. The highest BCUT2D eigenvalue weighted by Gasteiger charge is 2.31. The molecule has 0 radical (unpaired) electrons. The third kappa shape index (κ3) is 1.29. The molecule has 78 valence electrons. The third-order valence-corrected chi connectivity index (χ3v) is 2.95. The summed E-state index contributed by atoms with van der Waals surface area (Å²) in [6, 6.07) is 5.15. The van der Waals surface area contributed by atoms with Crippen LogP contribution >= 0.6 is 0 Å². The fourth-order valence-corrected chi connectivity index (χ4v) is 2.17. The average Bonchev–Trinajstić information content (AvgIpc) is 2.57. The first kappa shape index (κ1) is 8.73. The summed E-state index contributed by atoms with van der Waals surface area (Å²) in [7, 11) is 0. The van der Waals surface area contributed by atoms with Crippen LogP contribution < -0.4 is 0 Å². The Morgan fingerprint density at radius 2 is 2.27 bits per heavy atom. The van der Waals surface area contributed by atoms with Gasteiger partial charge in [0.25, 0.3) is 0 Å². The molecule has 0 spiro atoms. The van der Waals surface area contributed by atoms with Crippen LogP contribution in [0, 0.1) is 0 Å². The molecule has 15 heavy (non-hydrogen) atoms. The smallest absolute Gasteiger partial charge is 0.134 e. The predicted molar refractivity (Wildman–Crippen MR) is 56.2 cm³/mol. The van der Waals surface area contributed by atoms with Crippen molar-refractivity contribution in [1.29, 1.82) is 0 Å². The number of rotatable bonds is 0. The molecule has 2 N–H and O–H groups in total. The van der Waals surface area contributed by atoms with Crippen LogP contribution in [0.3, 0.4) is 0 Å². The molecule has 1 aromatic carbocycles. The van der Waals surface area contributed by atoms with Gasteiger partial charge in [-0.05, 0) is 24.6 Å². The van der Waals surface area contributed by atoms with Crippen molar-refractivity contribution in [3.63, 3.8) is 0 Å². The van der Waals surface area contributed by atoms with Gasteiger partial charge in [0.2, 0.25) is 0 Å². The lowest BCUT2D eigenvalue weighted by Crippen LogP contribution is -2.31. The summed E-state index contributed by atoms with van der Waals surface area (Å²) in [5.74, 6) is 1.04. The fourth-order valence-electron chi connectivity index (χ4n) is 2.17. The number of aliphatic hydroxyl groups excluding tert-OH is 1. The maximum Gasteiger partial charge on any atom is 0.134 e. The van der Waals surface area contributed by atoms with E-state index in [0.29, 0.717) is 0 Å². The Hall–Kier alpha value is -1.55. The van der Waals surface area contributed by atoms with E-state index < -0.39 is 6.10 Å². The molecule has 3 rings (SSSR count). The van der Waals surface area contributed by atoms with Crippen molar-refractivity contribution in [1.82, 2.24) is 4.90 Å².